The van der Waals surface area contributed by atoms with Gasteiger partial charge in [0.1, 0.15) is 0 Å². The summed E-state index contributed by atoms with van der Waals surface area (Å²) >= 11 is 0. The molecule has 0 aliphatic carbocycles. The molecule has 0 atom stereocenters. The Bertz CT molecular complexity index is 608. The van der Waals surface area contributed by atoms with E-state index < -0.39 is 0 Å². The number of aliphatic hydroxyl groups is 1. The van der Waals surface area contributed by atoms with Crippen molar-refractivity contribution >= 4 is 11.0 Å². The lowest BCUT2D eigenvalue weighted by Crippen LogP contribution is -1.96. The highest BCUT2D eigenvalue weighted by Crippen LogP contribution is 2.13. The van der Waals surface area contributed by atoms with Crippen molar-refractivity contribution in [2.24, 2.45) is 0 Å². The van der Waals surface area contributed by atoms with Crippen LogP contribution in [0.5, 0.6) is 0 Å². The predicted octanol–water partition coefficient (Wildman–Crippen LogP) is 1.28. The maximum atomic E-state index is 8.85. The molecule has 2 aromatic heterocycles. The zero-order valence-corrected chi connectivity index (χ0v) is 9.17. The third kappa shape index (κ3) is 1.81. The zero-order chi connectivity index (χ0) is 11.7. The molecule has 0 bridgehead atoms. The number of hydrogen-bond donors (Lipinski definition) is 2. The van der Waals surface area contributed by atoms with Gasteiger partial charge in [0, 0.05) is 12.8 Å². The molecular weight excluding hydrogens is 216 g/mol. The number of hydrogen-bond acceptors (Lipinski definition) is 3. The first kappa shape index (κ1) is 10.0. The van der Waals surface area contributed by atoms with Crippen LogP contribution in [0.3, 0.4) is 0 Å². The molecule has 86 valence electrons. The summed E-state index contributed by atoms with van der Waals surface area (Å²) in [5, 5.41) is 13.1. The summed E-state index contributed by atoms with van der Waals surface area (Å²) in [6.45, 7) is 0.131. The predicted molar refractivity (Wildman–Crippen MR) is 64.0 cm³/mol. The second-order valence-corrected chi connectivity index (χ2v) is 3.84. The summed E-state index contributed by atoms with van der Waals surface area (Å²) in [7, 11) is 0. The van der Waals surface area contributed by atoms with Crippen molar-refractivity contribution in [2.45, 2.75) is 6.42 Å². The molecule has 1 aromatic carbocycles. The number of rotatable bonds is 3. The van der Waals surface area contributed by atoms with Gasteiger partial charge in [-0.3, -0.25) is 0 Å². The fourth-order valence-electron chi connectivity index (χ4n) is 1.78. The van der Waals surface area contributed by atoms with E-state index in [2.05, 4.69) is 15.1 Å². The molecule has 0 fully saturated rings. The summed E-state index contributed by atoms with van der Waals surface area (Å²) < 4.78 is 1.69. The van der Waals surface area contributed by atoms with Crippen molar-refractivity contribution in [3.63, 3.8) is 0 Å². The van der Waals surface area contributed by atoms with Crippen LogP contribution in [-0.4, -0.2) is 31.5 Å². The van der Waals surface area contributed by atoms with E-state index in [4.69, 9.17) is 5.11 Å². The first-order valence-electron chi connectivity index (χ1n) is 5.46. The molecule has 0 amide bonds. The van der Waals surface area contributed by atoms with Crippen LogP contribution >= 0.6 is 0 Å². The van der Waals surface area contributed by atoms with Gasteiger partial charge in [-0.1, -0.05) is 12.1 Å². The smallest absolute Gasteiger partial charge is 0.229 e. The number of nitrogens with zero attached hydrogens (tertiary/aromatic N) is 3. The summed E-state index contributed by atoms with van der Waals surface area (Å²) in [5.74, 6) is 0.690. The van der Waals surface area contributed by atoms with Crippen molar-refractivity contribution < 1.29 is 5.11 Å². The van der Waals surface area contributed by atoms with E-state index in [9.17, 15) is 0 Å². The van der Waals surface area contributed by atoms with Gasteiger partial charge in [0.05, 0.1) is 17.2 Å². The van der Waals surface area contributed by atoms with E-state index in [0.717, 1.165) is 16.6 Å². The zero-order valence-electron chi connectivity index (χ0n) is 9.17. The van der Waals surface area contributed by atoms with Crippen molar-refractivity contribution in [1.29, 1.82) is 0 Å². The largest absolute Gasteiger partial charge is 0.396 e. The van der Waals surface area contributed by atoms with E-state index >= 15 is 0 Å². The Morgan fingerprint density at radius 3 is 3.00 bits per heavy atom. The lowest BCUT2D eigenvalue weighted by atomic mass is 10.3. The fraction of sp³-hybridized carbons (Fsp3) is 0.167. The lowest BCUT2D eigenvalue weighted by Gasteiger charge is -1.93. The molecule has 0 aliphatic heterocycles. The van der Waals surface area contributed by atoms with E-state index in [1.807, 2.05) is 30.5 Å². The number of nitrogens with one attached hydrogen (secondary N) is 1. The first-order valence-corrected chi connectivity index (χ1v) is 5.46. The maximum Gasteiger partial charge on any atom is 0.229 e. The Balaban J connectivity index is 2.01. The quantitative estimate of drug-likeness (QED) is 0.709. The third-order valence-electron chi connectivity index (χ3n) is 2.63. The fourth-order valence-corrected chi connectivity index (χ4v) is 1.78. The monoisotopic (exact) mass is 228 g/mol. The number of H-pyrrole nitrogens is 1. The summed E-state index contributed by atoms with van der Waals surface area (Å²) in [6.07, 6.45) is 4.22. The number of fused-ring (bicyclic) bond motifs is 1. The number of benzene rings is 1. The Morgan fingerprint density at radius 2 is 2.18 bits per heavy atom. The molecule has 2 N–H and O–H groups in total. The van der Waals surface area contributed by atoms with Gasteiger partial charge in [-0.05, 0) is 24.1 Å². The van der Waals surface area contributed by atoms with Crippen LogP contribution in [0.1, 0.15) is 5.56 Å². The molecule has 5 nitrogen and oxygen atoms in total. The Hall–Kier alpha value is -2.14. The van der Waals surface area contributed by atoms with Gasteiger partial charge >= 0.3 is 0 Å². The molecule has 0 aliphatic rings. The minimum absolute atomic E-state index is 0.131. The van der Waals surface area contributed by atoms with Crippen LogP contribution < -0.4 is 0 Å². The Labute approximate surface area is 97.7 Å². The van der Waals surface area contributed by atoms with Crippen molar-refractivity contribution in [3.05, 3.63) is 42.2 Å². The molecule has 17 heavy (non-hydrogen) atoms. The second kappa shape index (κ2) is 4.03. The van der Waals surface area contributed by atoms with Gasteiger partial charge < -0.3 is 10.1 Å². The highest BCUT2D eigenvalue weighted by atomic mass is 16.2. The van der Waals surface area contributed by atoms with Gasteiger partial charge in [0.15, 0.2) is 0 Å². The van der Waals surface area contributed by atoms with Gasteiger partial charge in [0.25, 0.3) is 0 Å². The molecule has 3 rings (SSSR count). The molecule has 2 heterocycles. The molecule has 5 heteroatoms. The van der Waals surface area contributed by atoms with Crippen LogP contribution in [-0.2, 0) is 6.42 Å². The number of para-hydroxylation sites is 2. The minimum Gasteiger partial charge on any atom is -0.396 e. The average molecular weight is 228 g/mol. The van der Waals surface area contributed by atoms with E-state index in [1.165, 1.54) is 0 Å². The third-order valence-corrected chi connectivity index (χ3v) is 2.63. The van der Waals surface area contributed by atoms with E-state index in [0.29, 0.717) is 12.4 Å². The number of aliphatic hydroxyl groups excluding tert-OH is 1. The summed E-state index contributed by atoms with van der Waals surface area (Å²) in [4.78, 5) is 7.63. The van der Waals surface area contributed by atoms with Crippen molar-refractivity contribution in [1.82, 2.24) is 19.7 Å². The molecule has 0 spiro atoms. The Kier molecular flexibility index (Phi) is 2.38. The van der Waals surface area contributed by atoms with Crippen LogP contribution in [0.25, 0.3) is 17.0 Å². The van der Waals surface area contributed by atoms with Crippen LogP contribution in [0, 0.1) is 0 Å². The molecule has 0 radical (unpaired) electrons. The van der Waals surface area contributed by atoms with Crippen LogP contribution in [0.15, 0.2) is 36.7 Å². The number of aromatic nitrogens is 4. The average Bonchev–Trinajstić information content (AvgIpc) is 2.94. The molecule has 3 aromatic rings. The van der Waals surface area contributed by atoms with Crippen LogP contribution in [0.2, 0.25) is 0 Å². The summed E-state index contributed by atoms with van der Waals surface area (Å²) in [6, 6.07) is 7.84. The molecule has 0 saturated carbocycles. The topological polar surface area (TPSA) is 66.7 Å². The standard InChI is InChI=1S/C12H12N4O/c17-6-5-9-7-13-16(8-9)12-14-10-3-1-2-4-11(10)15-12/h1-4,7-8,17H,5-6H2,(H,14,15). The van der Waals surface area contributed by atoms with Gasteiger partial charge in [-0.25, -0.2) is 9.67 Å². The maximum absolute atomic E-state index is 8.85. The van der Waals surface area contributed by atoms with E-state index in [1.54, 1.807) is 10.9 Å². The minimum atomic E-state index is 0.131. The van der Waals surface area contributed by atoms with Crippen molar-refractivity contribution in [3.8, 4) is 5.95 Å². The summed E-state index contributed by atoms with van der Waals surface area (Å²) in [5.41, 5.74) is 2.90. The Morgan fingerprint density at radius 1 is 1.29 bits per heavy atom. The highest BCUT2D eigenvalue weighted by Gasteiger charge is 2.05. The number of aromatic amines is 1. The van der Waals surface area contributed by atoms with Crippen molar-refractivity contribution in [2.75, 3.05) is 6.61 Å². The molecular formula is C12H12N4O. The highest BCUT2D eigenvalue weighted by molar-refractivity contribution is 5.75. The SMILES string of the molecule is OCCc1cnn(-c2nc3ccccc3[nH]2)c1. The normalized spacial score (nSPS) is 11.1. The lowest BCUT2D eigenvalue weighted by molar-refractivity contribution is 0.299. The number of imidazole rings is 1. The molecule has 0 unspecified atom stereocenters. The van der Waals surface area contributed by atoms with Crippen LogP contribution in [0.4, 0.5) is 0 Å². The van der Waals surface area contributed by atoms with Gasteiger partial charge in [-0.2, -0.15) is 5.10 Å². The second-order valence-electron chi connectivity index (χ2n) is 3.84. The molecule has 0 saturated heterocycles. The van der Waals surface area contributed by atoms with Gasteiger partial charge in [-0.15, -0.1) is 0 Å². The van der Waals surface area contributed by atoms with E-state index in [-0.39, 0.29) is 6.61 Å². The van der Waals surface area contributed by atoms with Gasteiger partial charge in [0.2, 0.25) is 5.95 Å². The first-order chi connectivity index (χ1) is 8.36.